The Labute approximate surface area is 72.8 Å². The van der Waals surface area contributed by atoms with Crippen LogP contribution in [0.2, 0.25) is 0 Å². The average Bonchev–Trinajstić information content (AvgIpc) is 2.50. The number of aromatic nitrogens is 1. The van der Waals surface area contributed by atoms with Gasteiger partial charge in [0, 0.05) is 30.7 Å². The molecular weight excluding hydrogens is 156 g/mol. The summed E-state index contributed by atoms with van der Waals surface area (Å²) >= 11 is 4.10. The monoisotopic (exact) mass is 170 g/mol. The summed E-state index contributed by atoms with van der Waals surface area (Å²) < 4.78 is 0. The minimum Gasteiger partial charge on any atom is -0.365 e. The number of rotatable bonds is 5. The SMILES string of the molecule is SCCNCCc1ccc[nH]1. The van der Waals surface area contributed by atoms with E-state index in [2.05, 4.69) is 29.0 Å². The molecule has 0 spiro atoms. The molecule has 0 amide bonds. The molecule has 3 heteroatoms. The molecule has 0 aromatic carbocycles. The molecule has 0 aliphatic carbocycles. The van der Waals surface area contributed by atoms with Crippen LogP contribution in [-0.4, -0.2) is 23.8 Å². The lowest BCUT2D eigenvalue weighted by Gasteiger charge is -1.99. The highest BCUT2D eigenvalue weighted by molar-refractivity contribution is 7.80. The lowest BCUT2D eigenvalue weighted by Crippen LogP contribution is -2.19. The molecule has 0 bridgehead atoms. The van der Waals surface area contributed by atoms with Crippen LogP contribution in [0.5, 0.6) is 0 Å². The molecule has 1 aromatic rings. The van der Waals surface area contributed by atoms with Crippen molar-refractivity contribution in [2.75, 3.05) is 18.8 Å². The second-order valence-corrected chi connectivity index (χ2v) is 2.87. The zero-order valence-electron chi connectivity index (χ0n) is 6.51. The van der Waals surface area contributed by atoms with Gasteiger partial charge in [-0.25, -0.2) is 0 Å². The number of aromatic amines is 1. The summed E-state index contributed by atoms with van der Waals surface area (Å²) in [5.41, 5.74) is 1.29. The van der Waals surface area contributed by atoms with Gasteiger partial charge in [-0.1, -0.05) is 0 Å². The molecule has 0 aliphatic rings. The first-order chi connectivity index (χ1) is 5.43. The van der Waals surface area contributed by atoms with Crippen LogP contribution in [0.15, 0.2) is 18.3 Å². The van der Waals surface area contributed by atoms with E-state index in [1.807, 2.05) is 12.3 Å². The van der Waals surface area contributed by atoms with E-state index in [1.165, 1.54) is 5.69 Å². The Morgan fingerprint density at radius 3 is 3.00 bits per heavy atom. The van der Waals surface area contributed by atoms with E-state index >= 15 is 0 Å². The first-order valence-corrected chi connectivity index (χ1v) is 4.50. The number of hydrogen-bond donors (Lipinski definition) is 3. The van der Waals surface area contributed by atoms with Gasteiger partial charge in [-0.15, -0.1) is 0 Å². The molecule has 0 unspecified atom stereocenters. The van der Waals surface area contributed by atoms with Gasteiger partial charge in [-0.05, 0) is 18.6 Å². The minimum absolute atomic E-state index is 0.907. The van der Waals surface area contributed by atoms with Crippen LogP contribution in [-0.2, 0) is 6.42 Å². The van der Waals surface area contributed by atoms with Crippen molar-refractivity contribution < 1.29 is 0 Å². The van der Waals surface area contributed by atoms with Gasteiger partial charge >= 0.3 is 0 Å². The fraction of sp³-hybridized carbons (Fsp3) is 0.500. The average molecular weight is 170 g/mol. The van der Waals surface area contributed by atoms with E-state index in [0.717, 1.165) is 25.3 Å². The van der Waals surface area contributed by atoms with Gasteiger partial charge in [0.15, 0.2) is 0 Å². The molecule has 62 valence electrons. The maximum absolute atomic E-state index is 4.10. The van der Waals surface area contributed by atoms with Crippen molar-refractivity contribution in [1.82, 2.24) is 10.3 Å². The van der Waals surface area contributed by atoms with Gasteiger partial charge < -0.3 is 10.3 Å². The van der Waals surface area contributed by atoms with Gasteiger partial charge in [0.1, 0.15) is 0 Å². The first kappa shape index (κ1) is 8.68. The summed E-state index contributed by atoms with van der Waals surface area (Å²) in [6.45, 7) is 2.02. The molecule has 0 saturated heterocycles. The molecule has 0 fully saturated rings. The summed E-state index contributed by atoms with van der Waals surface area (Å²) in [6, 6.07) is 4.12. The van der Waals surface area contributed by atoms with E-state index in [-0.39, 0.29) is 0 Å². The predicted octanol–water partition coefficient (Wildman–Crippen LogP) is 1.08. The maximum atomic E-state index is 4.10. The van der Waals surface area contributed by atoms with Crippen molar-refractivity contribution >= 4 is 12.6 Å². The van der Waals surface area contributed by atoms with E-state index in [1.54, 1.807) is 0 Å². The zero-order valence-corrected chi connectivity index (χ0v) is 7.40. The fourth-order valence-electron chi connectivity index (χ4n) is 0.950. The van der Waals surface area contributed by atoms with Crippen LogP contribution in [0.4, 0.5) is 0 Å². The van der Waals surface area contributed by atoms with Crippen molar-refractivity contribution in [1.29, 1.82) is 0 Å². The molecule has 0 atom stereocenters. The lowest BCUT2D eigenvalue weighted by atomic mass is 10.3. The highest BCUT2D eigenvalue weighted by Gasteiger charge is 1.90. The zero-order chi connectivity index (χ0) is 7.94. The molecule has 0 aliphatic heterocycles. The van der Waals surface area contributed by atoms with Gasteiger partial charge in [0.05, 0.1) is 0 Å². The molecule has 0 radical (unpaired) electrons. The summed E-state index contributed by atoms with van der Waals surface area (Å²) in [5, 5.41) is 3.28. The van der Waals surface area contributed by atoms with Crippen molar-refractivity contribution in [3.05, 3.63) is 24.0 Å². The number of H-pyrrole nitrogens is 1. The Bertz CT molecular complexity index is 172. The molecule has 11 heavy (non-hydrogen) atoms. The second-order valence-electron chi connectivity index (χ2n) is 2.42. The van der Waals surface area contributed by atoms with Crippen LogP contribution < -0.4 is 5.32 Å². The topological polar surface area (TPSA) is 27.8 Å². The minimum atomic E-state index is 0.907. The summed E-state index contributed by atoms with van der Waals surface area (Å²) in [7, 11) is 0. The Morgan fingerprint density at radius 1 is 1.45 bits per heavy atom. The number of thiol groups is 1. The molecule has 1 aromatic heterocycles. The predicted molar refractivity (Wildman–Crippen MR) is 51.2 cm³/mol. The van der Waals surface area contributed by atoms with Crippen LogP contribution >= 0.6 is 12.6 Å². The third kappa shape index (κ3) is 3.49. The van der Waals surface area contributed by atoms with Crippen molar-refractivity contribution in [3.63, 3.8) is 0 Å². The van der Waals surface area contributed by atoms with Gasteiger partial charge in [-0.2, -0.15) is 12.6 Å². The van der Waals surface area contributed by atoms with Gasteiger partial charge in [0.25, 0.3) is 0 Å². The Balaban J connectivity index is 2.04. The van der Waals surface area contributed by atoms with E-state index in [0.29, 0.717) is 0 Å². The lowest BCUT2D eigenvalue weighted by molar-refractivity contribution is 0.715. The van der Waals surface area contributed by atoms with Crippen molar-refractivity contribution in [3.8, 4) is 0 Å². The first-order valence-electron chi connectivity index (χ1n) is 3.87. The summed E-state index contributed by atoms with van der Waals surface area (Å²) in [4.78, 5) is 3.15. The van der Waals surface area contributed by atoms with E-state index < -0.39 is 0 Å². The maximum Gasteiger partial charge on any atom is 0.0159 e. The fourth-order valence-corrected chi connectivity index (χ4v) is 1.11. The number of hydrogen-bond acceptors (Lipinski definition) is 2. The van der Waals surface area contributed by atoms with Crippen molar-refractivity contribution in [2.24, 2.45) is 0 Å². The van der Waals surface area contributed by atoms with Crippen LogP contribution in [0.3, 0.4) is 0 Å². The molecule has 1 heterocycles. The van der Waals surface area contributed by atoms with Crippen LogP contribution in [0.1, 0.15) is 5.69 Å². The summed E-state index contributed by atoms with van der Waals surface area (Å²) in [5.74, 6) is 0.907. The Morgan fingerprint density at radius 2 is 2.36 bits per heavy atom. The molecule has 1 rings (SSSR count). The molecule has 2 N–H and O–H groups in total. The van der Waals surface area contributed by atoms with Gasteiger partial charge in [-0.3, -0.25) is 0 Å². The second kappa shape index (κ2) is 5.27. The standard InChI is InChI=1S/C8H14N2S/c11-7-6-9-5-3-8-2-1-4-10-8/h1-2,4,9-11H,3,5-7H2. The Hall–Kier alpha value is -0.410. The quantitative estimate of drug-likeness (QED) is 0.448. The summed E-state index contributed by atoms with van der Waals surface area (Å²) in [6.07, 6.45) is 3.02. The largest absolute Gasteiger partial charge is 0.365 e. The normalized spacial score (nSPS) is 10.3. The highest BCUT2D eigenvalue weighted by atomic mass is 32.1. The Kier molecular flexibility index (Phi) is 4.16. The van der Waals surface area contributed by atoms with E-state index in [9.17, 15) is 0 Å². The van der Waals surface area contributed by atoms with E-state index in [4.69, 9.17) is 0 Å². The molecular formula is C8H14N2S. The van der Waals surface area contributed by atoms with Gasteiger partial charge in [0.2, 0.25) is 0 Å². The van der Waals surface area contributed by atoms with Crippen LogP contribution in [0.25, 0.3) is 0 Å². The third-order valence-electron chi connectivity index (χ3n) is 1.52. The highest BCUT2D eigenvalue weighted by Crippen LogP contribution is 1.93. The smallest absolute Gasteiger partial charge is 0.0159 e. The number of nitrogens with one attached hydrogen (secondary N) is 2. The molecule has 2 nitrogen and oxygen atoms in total. The third-order valence-corrected chi connectivity index (χ3v) is 1.75. The van der Waals surface area contributed by atoms with Crippen LogP contribution in [0, 0.1) is 0 Å². The molecule has 0 saturated carbocycles. The van der Waals surface area contributed by atoms with Crippen molar-refractivity contribution in [2.45, 2.75) is 6.42 Å².